The van der Waals surface area contributed by atoms with Crippen LogP contribution in [0.5, 0.6) is 5.75 Å². The fourth-order valence-corrected chi connectivity index (χ4v) is 5.57. The molecule has 0 atom stereocenters. The molecule has 0 radical (unpaired) electrons. The van der Waals surface area contributed by atoms with Crippen molar-refractivity contribution in [2.24, 2.45) is 0 Å². The largest absolute Gasteiger partial charge is 0.487 e. The number of carbonyl (C=O) groups excluding carboxylic acids is 1. The van der Waals surface area contributed by atoms with Crippen LogP contribution in [0.15, 0.2) is 60.4 Å². The maximum absolute atomic E-state index is 13.0. The molecule has 0 saturated heterocycles. The van der Waals surface area contributed by atoms with Gasteiger partial charge < -0.3 is 15.2 Å². The Labute approximate surface area is 223 Å². The molecule has 0 aromatic heterocycles. The lowest BCUT2D eigenvalue weighted by Gasteiger charge is -2.15. The first-order valence-corrected chi connectivity index (χ1v) is 12.5. The minimum absolute atomic E-state index is 0.0459. The Balaban J connectivity index is 1.84. The van der Waals surface area contributed by atoms with E-state index in [0.29, 0.717) is 36.5 Å². The molecule has 1 amide bonds. The topological polar surface area (TPSA) is 75.6 Å². The molecular weight excluding hydrogens is 697 g/mol. The lowest BCUT2D eigenvalue weighted by Crippen LogP contribution is -2.18. The summed E-state index contributed by atoms with van der Waals surface area (Å²) in [5.41, 5.74) is 2.31. The van der Waals surface area contributed by atoms with E-state index in [4.69, 9.17) is 16.3 Å². The van der Waals surface area contributed by atoms with E-state index in [1.807, 2.05) is 31.2 Å². The van der Waals surface area contributed by atoms with Crippen LogP contribution in [0.2, 0.25) is 5.02 Å². The predicted molar refractivity (Wildman–Crippen MR) is 139 cm³/mol. The van der Waals surface area contributed by atoms with Gasteiger partial charge in [0, 0.05) is 23.6 Å². The highest BCUT2D eigenvalue weighted by molar-refractivity contribution is 9.15. The Hall–Kier alpha value is -1.39. The number of carboxylic acid groups (broad SMARTS) is 1. The molecule has 0 fully saturated rings. The number of halogens is 5. The van der Waals surface area contributed by atoms with Gasteiger partial charge in [0.2, 0.25) is 0 Å². The summed E-state index contributed by atoms with van der Waals surface area (Å²) in [4.78, 5) is 24.8. The fourth-order valence-electron chi connectivity index (χ4n) is 2.86. The molecule has 0 heterocycles. The molecule has 166 valence electrons. The number of benzene rings is 3. The van der Waals surface area contributed by atoms with Crippen LogP contribution in [0.4, 0.5) is 5.69 Å². The number of carboxylic acids is 1. The van der Waals surface area contributed by atoms with Crippen molar-refractivity contribution in [2.45, 2.75) is 13.5 Å². The first kappa shape index (κ1) is 25.2. The minimum Gasteiger partial charge on any atom is -0.487 e. The van der Waals surface area contributed by atoms with Crippen LogP contribution in [0.25, 0.3) is 0 Å². The average molecular weight is 711 g/mol. The van der Waals surface area contributed by atoms with E-state index in [0.717, 1.165) is 11.1 Å². The monoisotopic (exact) mass is 707 g/mol. The van der Waals surface area contributed by atoms with E-state index in [2.05, 4.69) is 69.0 Å². The minimum atomic E-state index is -1.26. The van der Waals surface area contributed by atoms with Crippen molar-refractivity contribution < 1.29 is 19.4 Å². The number of aryl methyl sites for hydroxylation is 1. The van der Waals surface area contributed by atoms with Gasteiger partial charge in [-0.05, 0) is 100.0 Å². The first-order valence-electron chi connectivity index (χ1n) is 8.99. The number of hydrogen-bond donors (Lipinski definition) is 2. The molecule has 0 bridgehead atoms. The Kier molecular flexibility index (Phi) is 8.43. The zero-order valence-corrected chi connectivity index (χ0v) is 23.4. The third-order valence-electron chi connectivity index (χ3n) is 4.54. The Bertz CT molecular complexity index is 1230. The molecule has 0 unspecified atom stereocenters. The maximum atomic E-state index is 13.0. The first-order chi connectivity index (χ1) is 15.1. The number of hydrogen-bond acceptors (Lipinski definition) is 3. The van der Waals surface area contributed by atoms with Gasteiger partial charge in [-0.15, -0.1) is 0 Å². The number of carbonyl (C=O) groups is 2. The molecule has 0 saturated carbocycles. The van der Waals surface area contributed by atoms with Crippen molar-refractivity contribution in [2.75, 3.05) is 5.32 Å². The highest BCUT2D eigenvalue weighted by Gasteiger charge is 2.28. The second-order valence-corrected chi connectivity index (χ2v) is 10.2. The second-order valence-electron chi connectivity index (χ2n) is 6.63. The quantitative estimate of drug-likeness (QED) is 0.200. The Morgan fingerprint density at radius 3 is 2.19 bits per heavy atom. The van der Waals surface area contributed by atoms with Crippen LogP contribution in [-0.2, 0) is 6.61 Å². The summed E-state index contributed by atoms with van der Waals surface area (Å²) in [7, 11) is 0. The van der Waals surface area contributed by atoms with E-state index >= 15 is 0 Å². The van der Waals surface area contributed by atoms with Crippen molar-refractivity contribution in [3.8, 4) is 5.75 Å². The van der Waals surface area contributed by atoms with E-state index in [1.165, 1.54) is 0 Å². The summed E-state index contributed by atoms with van der Waals surface area (Å²) in [5, 5.41) is 12.7. The van der Waals surface area contributed by atoms with E-state index in [1.54, 1.807) is 18.2 Å². The molecule has 0 spiro atoms. The summed E-state index contributed by atoms with van der Waals surface area (Å²) < 4.78 is 7.32. The zero-order valence-electron chi connectivity index (χ0n) is 16.3. The maximum Gasteiger partial charge on any atom is 0.337 e. The molecule has 5 nitrogen and oxygen atoms in total. The third-order valence-corrected chi connectivity index (χ3v) is 9.61. The van der Waals surface area contributed by atoms with Gasteiger partial charge in [-0.1, -0.05) is 35.9 Å². The number of ether oxygens (including phenoxy) is 1. The summed E-state index contributed by atoms with van der Waals surface area (Å²) >= 11 is 19.5. The molecule has 10 heteroatoms. The van der Waals surface area contributed by atoms with Crippen molar-refractivity contribution >= 4 is 92.9 Å². The van der Waals surface area contributed by atoms with Gasteiger partial charge in [0.25, 0.3) is 5.91 Å². The molecule has 3 rings (SSSR count). The van der Waals surface area contributed by atoms with Gasteiger partial charge in [0.1, 0.15) is 12.4 Å². The van der Waals surface area contributed by atoms with Gasteiger partial charge in [-0.3, -0.25) is 4.79 Å². The molecule has 0 aliphatic heterocycles. The van der Waals surface area contributed by atoms with Crippen LogP contribution in [0.3, 0.4) is 0 Å². The predicted octanol–water partition coefficient (Wildman–Crippen LogP) is 8.23. The standard InChI is InChI=1S/C22H14Br4ClNO4/c1-10-4-2-3-5-11(10)9-32-14-7-6-12(8-13(14)27)28-21(29)15-16(22(30)31)18(24)20(26)19(25)17(15)23/h2-8H,9H2,1H3,(H,28,29)(H,30,31). The molecular formula is C22H14Br4ClNO4. The SMILES string of the molecule is Cc1ccccc1COc1ccc(NC(=O)c2c(Br)c(Br)c(Br)c(Br)c2C(=O)O)cc1Cl. The molecule has 32 heavy (non-hydrogen) atoms. The van der Waals surface area contributed by atoms with E-state index in [9.17, 15) is 14.7 Å². The second kappa shape index (κ2) is 10.7. The number of rotatable bonds is 6. The third kappa shape index (κ3) is 5.39. The van der Waals surface area contributed by atoms with Crippen LogP contribution in [0.1, 0.15) is 31.8 Å². The summed E-state index contributed by atoms with van der Waals surface area (Å²) in [6, 6.07) is 12.7. The molecule has 3 aromatic carbocycles. The summed E-state index contributed by atoms with van der Waals surface area (Å²) in [6.45, 7) is 2.36. The van der Waals surface area contributed by atoms with Crippen LogP contribution in [-0.4, -0.2) is 17.0 Å². The van der Waals surface area contributed by atoms with Crippen LogP contribution < -0.4 is 10.1 Å². The number of amides is 1. The van der Waals surface area contributed by atoms with E-state index < -0.39 is 11.9 Å². The van der Waals surface area contributed by atoms with Crippen molar-refractivity contribution in [3.63, 3.8) is 0 Å². The lowest BCUT2D eigenvalue weighted by molar-refractivity contribution is 0.0691. The fraction of sp³-hybridized carbons (Fsp3) is 0.0909. The summed E-state index contributed by atoms with van der Waals surface area (Å²) in [5.74, 6) is -1.41. The molecule has 0 aliphatic carbocycles. The normalized spacial score (nSPS) is 10.7. The van der Waals surface area contributed by atoms with Crippen molar-refractivity contribution in [1.82, 2.24) is 0 Å². The van der Waals surface area contributed by atoms with Crippen molar-refractivity contribution in [3.05, 3.63) is 87.6 Å². The smallest absolute Gasteiger partial charge is 0.337 e. The van der Waals surface area contributed by atoms with Gasteiger partial charge in [0.15, 0.2) is 0 Å². The van der Waals surface area contributed by atoms with Gasteiger partial charge in [-0.2, -0.15) is 0 Å². The number of aromatic carboxylic acids is 1. The Morgan fingerprint density at radius 1 is 0.969 bits per heavy atom. The summed E-state index contributed by atoms with van der Waals surface area (Å²) in [6.07, 6.45) is 0. The lowest BCUT2D eigenvalue weighted by atomic mass is 10.1. The Morgan fingerprint density at radius 2 is 1.59 bits per heavy atom. The van der Waals surface area contributed by atoms with Gasteiger partial charge in [-0.25, -0.2) is 4.79 Å². The van der Waals surface area contributed by atoms with Gasteiger partial charge >= 0.3 is 5.97 Å². The molecule has 2 N–H and O–H groups in total. The highest BCUT2D eigenvalue weighted by Crippen LogP contribution is 2.42. The zero-order chi connectivity index (χ0) is 23.6. The highest BCUT2D eigenvalue weighted by atomic mass is 79.9. The van der Waals surface area contributed by atoms with Crippen molar-refractivity contribution in [1.29, 1.82) is 0 Å². The molecule has 0 aliphatic rings. The number of nitrogens with one attached hydrogen (secondary N) is 1. The molecule has 3 aromatic rings. The average Bonchev–Trinajstić information content (AvgIpc) is 2.74. The van der Waals surface area contributed by atoms with E-state index in [-0.39, 0.29) is 15.6 Å². The number of anilines is 1. The van der Waals surface area contributed by atoms with Crippen LogP contribution >= 0.6 is 75.3 Å². The van der Waals surface area contributed by atoms with Crippen LogP contribution in [0, 0.1) is 6.92 Å². The van der Waals surface area contributed by atoms with Gasteiger partial charge in [0.05, 0.1) is 16.1 Å².